The van der Waals surface area contributed by atoms with Crippen LogP contribution in [0, 0.1) is 21.7 Å². The van der Waals surface area contributed by atoms with Crippen molar-refractivity contribution in [2.45, 2.75) is 0 Å². The molecule has 9 heteroatoms. The van der Waals surface area contributed by atoms with E-state index in [1.165, 1.54) is 0 Å². The smallest absolute Gasteiger partial charge is 0.305 e. The molecule has 0 N–H and O–H groups in total. The molecule has 17 heavy (non-hydrogen) atoms. The first kappa shape index (κ1) is 11.4. The first-order chi connectivity index (χ1) is 8.00. The van der Waals surface area contributed by atoms with E-state index in [2.05, 4.69) is 14.7 Å². The number of aromatic nitrogens is 2. The van der Waals surface area contributed by atoms with Crippen molar-refractivity contribution in [3.05, 3.63) is 39.2 Å². The molecule has 88 valence electrons. The van der Waals surface area contributed by atoms with Crippen LogP contribution in [0.25, 0.3) is 11.5 Å². The largest absolute Gasteiger partial charge is 0.332 e. The summed E-state index contributed by atoms with van der Waals surface area (Å²) in [6, 6.07) is 1.43. The van der Waals surface area contributed by atoms with Crippen LogP contribution in [0.4, 0.5) is 14.5 Å². The topological polar surface area (TPSA) is 82.1 Å². The van der Waals surface area contributed by atoms with Gasteiger partial charge in [-0.05, 0) is 22.8 Å². The van der Waals surface area contributed by atoms with Crippen LogP contribution in [0.15, 0.2) is 16.7 Å². The predicted molar refractivity (Wildman–Crippen MR) is 51.3 cm³/mol. The molecule has 0 saturated heterocycles. The number of nitro groups is 1. The second kappa shape index (κ2) is 4.06. The van der Waals surface area contributed by atoms with E-state index >= 15 is 0 Å². The first-order valence-electron chi connectivity index (χ1n) is 4.12. The van der Waals surface area contributed by atoms with Gasteiger partial charge in [-0.3, -0.25) is 10.1 Å². The fourth-order valence-electron chi connectivity index (χ4n) is 1.19. The Kier molecular flexibility index (Phi) is 2.72. The zero-order valence-corrected chi connectivity index (χ0v) is 8.61. The second-order valence-corrected chi connectivity index (χ2v) is 3.22. The fourth-order valence-corrected chi connectivity index (χ4v) is 1.30. The molecule has 0 amide bonds. The fraction of sp³-hybridized carbons (Fsp3) is 0. The van der Waals surface area contributed by atoms with Crippen molar-refractivity contribution in [3.8, 4) is 11.5 Å². The highest BCUT2D eigenvalue weighted by atomic mass is 35.5. The van der Waals surface area contributed by atoms with Gasteiger partial charge in [-0.2, -0.15) is 9.37 Å². The van der Waals surface area contributed by atoms with Crippen molar-refractivity contribution in [1.29, 1.82) is 0 Å². The van der Waals surface area contributed by atoms with E-state index in [0.717, 1.165) is 6.07 Å². The van der Waals surface area contributed by atoms with Gasteiger partial charge < -0.3 is 4.52 Å². The van der Waals surface area contributed by atoms with Crippen LogP contribution >= 0.6 is 11.6 Å². The van der Waals surface area contributed by atoms with Crippen LogP contribution in [0.2, 0.25) is 5.28 Å². The summed E-state index contributed by atoms with van der Waals surface area (Å²) in [6.45, 7) is 0. The molecule has 0 unspecified atom stereocenters. The van der Waals surface area contributed by atoms with Crippen LogP contribution in [0.5, 0.6) is 0 Å². The Morgan fingerprint density at radius 3 is 2.65 bits per heavy atom. The molecular formula is C8H2ClF2N3O3. The summed E-state index contributed by atoms with van der Waals surface area (Å²) in [5.74, 6) is -3.02. The summed E-state index contributed by atoms with van der Waals surface area (Å²) >= 11 is 5.32. The molecule has 1 aromatic heterocycles. The SMILES string of the molecule is O=[N+]([O-])c1ccc(F)c(-c2nc(Cl)no2)c1F. The lowest BCUT2D eigenvalue weighted by Crippen LogP contribution is -1.97. The molecule has 0 atom stereocenters. The lowest BCUT2D eigenvalue weighted by atomic mass is 10.1. The third-order valence-electron chi connectivity index (χ3n) is 1.88. The van der Waals surface area contributed by atoms with Crippen LogP contribution in [0.3, 0.4) is 0 Å². The van der Waals surface area contributed by atoms with Crippen molar-refractivity contribution in [2.24, 2.45) is 0 Å². The lowest BCUT2D eigenvalue weighted by Gasteiger charge is -2.00. The van der Waals surface area contributed by atoms with Crippen molar-refractivity contribution in [2.75, 3.05) is 0 Å². The third kappa shape index (κ3) is 1.94. The molecule has 6 nitrogen and oxygen atoms in total. The van der Waals surface area contributed by atoms with Gasteiger partial charge in [-0.15, -0.1) is 0 Å². The van der Waals surface area contributed by atoms with Crippen molar-refractivity contribution < 1.29 is 18.2 Å². The van der Waals surface area contributed by atoms with Gasteiger partial charge in [0.1, 0.15) is 11.4 Å². The van der Waals surface area contributed by atoms with E-state index in [9.17, 15) is 18.9 Å². The Labute approximate surface area is 97.0 Å². The van der Waals surface area contributed by atoms with Crippen LogP contribution in [-0.2, 0) is 0 Å². The van der Waals surface area contributed by atoms with Gasteiger partial charge in [0, 0.05) is 6.07 Å². The first-order valence-corrected chi connectivity index (χ1v) is 4.50. The Bertz CT molecular complexity index is 602. The number of nitro benzene ring substituents is 1. The van der Waals surface area contributed by atoms with Gasteiger partial charge in [0.15, 0.2) is 0 Å². The molecule has 2 rings (SSSR count). The number of benzene rings is 1. The number of rotatable bonds is 2. The highest BCUT2D eigenvalue weighted by molar-refractivity contribution is 6.28. The average molecular weight is 262 g/mol. The van der Waals surface area contributed by atoms with Gasteiger partial charge >= 0.3 is 5.69 Å². The summed E-state index contributed by atoms with van der Waals surface area (Å²) in [6.07, 6.45) is 0. The van der Waals surface area contributed by atoms with E-state index in [0.29, 0.717) is 6.07 Å². The molecule has 0 aliphatic heterocycles. The summed E-state index contributed by atoms with van der Waals surface area (Å²) in [5, 5.41) is 13.2. The zero-order valence-electron chi connectivity index (χ0n) is 7.85. The molecule has 2 aromatic rings. The van der Waals surface area contributed by atoms with Crippen LogP contribution in [-0.4, -0.2) is 15.1 Å². The molecule has 0 radical (unpaired) electrons. The van der Waals surface area contributed by atoms with Crippen molar-refractivity contribution in [1.82, 2.24) is 10.1 Å². The monoisotopic (exact) mass is 261 g/mol. The minimum absolute atomic E-state index is 0.356. The van der Waals surface area contributed by atoms with Crippen LogP contribution < -0.4 is 0 Å². The standard InChI is InChI=1S/C8H2ClF2N3O3/c9-8-12-7(17-13-8)5-3(10)1-2-4(6(5)11)14(15)16/h1-2H. The van der Waals surface area contributed by atoms with Crippen LogP contribution in [0.1, 0.15) is 0 Å². The number of halogens is 3. The van der Waals surface area contributed by atoms with E-state index < -0.39 is 33.7 Å². The highest BCUT2D eigenvalue weighted by Crippen LogP contribution is 2.30. The molecule has 0 aliphatic rings. The van der Waals surface area contributed by atoms with Crippen molar-refractivity contribution in [3.63, 3.8) is 0 Å². The number of hydrogen-bond donors (Lipinski definition) is 0. The van der Waals surface area contributed by atoms with Gasteiger partial charge in [0.2, 0.25) is 5.82 Å². The summed E-state index contributed by atoms with van der Waals surface area (Å²) in [4.78, 5) is 12.9. The Morgan fingerprint density at radius 1 is 1.41 bits per heavy atom. The molecule has 0 saturated carbocycles. The van der Waals surface area contributed by atoms with E-state index in [4.69, 9.17) is 11.6 Å². The normalized spacial score (nSPS) is 10.5. The molecule has 0 bridgehead atoms. The molecular weight excluding hydrogens is 260 g/mol. The maximum Gasteiger partial charge on any atom is 0.305 e. The maximum atomic E-state index is 13.6. The van der Waals surface area contributed by atoms with E-state index in [1.54, 1.807) is 0 Å². The quantitative estimate of drug-likeness (QED) is 0.613. The lowest BCUT2D eigenvalue weighted by molar-refractivity contribution is -0.387. The Balaban J connectivity index is 2.68. The summed E-state index contributed by atoms with van der Waals surface area (Å²) < 4.78 is 31.4. The Hall–Kier alpha value is -2.09. The summed E-state index contributed by atoms with van der Waals surface area (Å²) in [7, 11) is 0. The molecule has 0 aliphatic carbocycles. The number of nitrogens with zero attached hydrogens (tertiary/aromatic N) is 3. The molecule has 1 heterocycles. The minimum Gasteiger partial charge on any atom is -0.332 e. The Morgan fingerprint density at radius 2 is 2.12 bits per heavy atom. The van der Waals surface area contributed by atoms with Crippen molar-refractivity contribution >= 4 is 17.3 Å². The van der Waals surface area contributed by atoms with E-state index in [-0.39, 0.29) is 5.28 Å². The molecule has 0 fully saturated rings. The van der Waals surface area contributed by atoms with Gasteiger partial charge in [-0.1, -0.05) is 0 Å². The molecule has 1 aromatic carbocycles. The van der Waals surface area contributed by atoms with Gasteiger partial charge in [-0.25, -0.2) is 4.39 Å². The maximum absolute atomic E-state index is 13.6. The second-order valence-electron chi connectivity index (χ2n) is 2.88. The average Bonchev–Trinajstić information content (AvgIpc) is 2.64. The van der Waals surface area contributed by atoms with E-state index in [1.807, 2.05) is 0 Å². The summed E-state index contributed by atoms with van der Waals surface area (Å²) in [5.41, 5.74) is -1.67. The van der Waals surface area contributed by atoms with Gasteiger partial charge in [0.05, 0.1) is 4.92 Å². The molecule has 0 spiro atoms. The zero-order chi connectivity index (χ0) is 12.6. The highest BCUT2D eigenvalue weighted by Gasteiger charge is 2.26. The number of hydrogen-bond acceptors (Lipinski definition) is 5. The third-order valence-corrected chi connectivity index (χ3v) is 2.04. The predicted octanol–water partition coefficient (Wildman–Crippen LogP) is 2.58. The van der Waals surface area contributed by atoms with Gasteiger partial charge in [0.25, 0.3) is 11.2 Å². The minimum atomic E-state index is -1.39.